The Kier molecular flexibility index (Phi) is 5.70. The molecule has 0 rings (SSSR count). The van der Waals surface area contributed by atoms with E-state index in [1.807, 2.05) is 0 Å². The molecule has 0 spiro atoms. The van der Waals surface area contributed by atoms with E-state index in [4.69, 9.17) is 0 Å². The van der Waals surface area contributed by atoms with Crippen LogP contribution in [-0.4, -0.2) is 12.8 Å². The van der Waals surface area contributed by atoms with E-state index in [0.717, 1.165) is 0 Å². The molecule has 0 fully saturated rings. The first kappa shape index (κ1) is 5.86. The maximum atomic E-state index is 2.25. The SMILES string of the molecule is CCPPC. The Labute approximate surface area is 37.2 Å². The van der Waals surface area contributed by atoms with Crippen LogP contribution in [0.3, 0.4) is 0 Å². The predicted molar refractivity (Wildman–Crippen MR) is 33.1 cm³/mol. The van der Waals surface area contributed by atoms with Gasteiger partial charge in [-0.25, -0.2) is 0 Å². The molecule has 0 N–H and O–H groups in total. The fourth-order valence-electron chi connectivity index (χ4n) is 0.177. The monoisotopic (exact) mass is 108 g/mol. The average Bonchev–Trinajstić information content (AvgIpc) is 1.41. The molecule has 0 aliphatic heterocycles. The average molecular weight is 108 g/mol. The summed E-state index contributed by atoms with van der Waals surface area (Å²) in [7, 11) is 2.41. The fourth-order valence-corrected chi connectivity index (χ4v) is 1.59. The van der Waals surface area contributed by atoms with E-state index in [9.17, 15) is 0 Å². The lowest BCUT2D eigenvalue weighted by molar-refractivity contribution is 1.53. The Bertz CT molecular complexity index is 12.4. The highest BCUT2D eigenvalue weighted by molar-refractivity contribution is 8.11. The van der Waals surface area contributed by atoms with Gasteiger partial charge in [0.05, 0.1) is 0 Å². The van der Waals surface area contributed by atoms with Gasteiger partial charge < -0.3 is 0 Å². The highest BCUT2D eigenvalue weighted by Gasteiger charge is 1.66. The fraction of sp³-hybridized carbons (Fsp3) is 1.00. The van der Waals surface area contributed by atoms with E-state index in [-0.39, 0.29) is 0 Å². The van der Waals surface area contributed by atoms with Crippen LogP contribution in [0.5, 0.6) is 0 Å². The van der Waals surface area contributed by atoms with E-state index in [1.54, 1.807) is 0 Å². The van der Waals surface area contributed by atoms with Crippen molar-refractivity contribution in [3.8, 4) is 0 Å². The van der Waals surface area contributed by atoms with E-state index in [0.29, 0.717) is 0 Å². The maximum Gasteiger partial charge on any atom is -0.0345 e. The molecule has 0 aromatic heterocycles. The van der Waals surface area contributed by atoms with Gasteiger partial charge in [-0.05, 0) is 12.8 Å². The third-order valence-corrected chi connectivity index (χ3v) is 3.18. The molecule has 0 amide bonds. The van der Waals surface area contributed by atoms with E-state index < -0.39 is 0 Å². The molecular formula is C3H10P2. The molecule has 0 nitrogen and oxygen atoms in total. The molecule has 0 aliphatic rings. The van der Waals surface area contributed by atoms with Gasteiger partial charge in [-0.3, -0.25) is 0 Å². The van der Waals surface area contributed by atoms with Crippen LogP contribution >= 0.6 is 16.5 Å². The summed E-state index contributed by atoms with van der Waals surface area (Å²) < 4.78 is 0. The Morgan fingerprint density at radius 2 is 2.20 bits per heavy atom. The van der Waals surface area contributed by atoms with Gasteiger partial charge >= 0.3 is 0 Å². The quantitative estimate of drug-likeness (QED) is 0.474. The van der Waals surface area contributed by atoms with Crippen molar-refractivity contribution in [3.05, 3.63) is 0 Å². The van der Waals surface area contributed by atoms with Crippen LogP contribution in [0.4, 0.5) is 0 Å². The van der Waals surface area contributed by atoms with Gasteiger partial charge in [0.15, 0.2) is 0 Å². The number of rotatable bonds is 2. The minimum absolute atomic E-state index is 1.19. The highest BCUT2D eigenvalue weighted by Crippen LogP contribution is 2.31. The van der Waals surface area contributed by atoms with Gasteiger partial charge in [0.2, 0.25) is 0 Å². The van der Waals surface area contributed by atoms with Gasteiger partial charge in [-0.15, -0.1) is 8.27 Å². The molecule has 0 bridgehead atoms. The molecule has 2 atom stereocenters. The summed E-state index contributed by atoms with van der Waals surface area (Å²) in [4.78, 5) is 0. The Hall–Kier alpha value is 0.860. The zero-order valence-electron chi connectivity index (χ0n) is 3.71. The van der Waals surface area contributed by atoms with Crippen molar-refractivity contribution in [2.75, 3.05) is 12.8 Å². The van der Waals surface area contributed by atoms with Crippen molar-refractivity contribution in [1.82, 2.24) is 0 Å². The van der Waals surface area contributed by atoms with Crippen LogP contribution in [0, 0.1) is 0 Å². The molecule has 0 aliphatic carbocycles. The van der Waals surface area contributed by atoms with Crippen LogP contribution in [0.25, 0.3) is 0 Å². The van der Waals surface area contributed by atoms with E-state index >= 15 is 0 Å². The van der Waals surface area contributed by atoms with Crippen molar-refractivity contribution in [2.45, 2.75) is 6.92 Å². The second-order valence-electron chi connectivity index (χ2n) is 0.780. The second-order valence-corrected chi connectivity index (χ2v) is 4.90. The first-order valence-electron chi connectivity index (χ1n) is 1.81. The second kappa shape index (κ2) is 4.86. The van der Waals surface area contributed by atoms with E-state index in [2.05, 4.69) is 13.6 Å². The molecule has 2 heteroatoms. The summed E-state index contributed by atoms with van der Waals surface area (Å²) in [5, 5.41) is 0. The lowest BCUT2D eigenvalue weighted by atomic mass is 11.0. The zero-order chi connectivity index (χ0) is 4.12. The van der Waals surface area contributed by atoms with Crippen LogP contribution in [-0.2, 0) is 0 Å². The molecular weight excluding hydrogens is 98.0 g/mol. The highest BCUT2D eigenvalue weighted by atomic mass is 32.0. The molecule has 0 aromatic rings. The lowest BCUT2D eigenvalue weighted by Gasteiger charge is -1.81. The predicted octanol–water partition coefficient (Wildman–Crippen LogP) is 1.91. The topological polar surface area (TPSA) is 0 Å². The van der Waals surface area contributed by atoms with Crippen LogP contribution in [0.1, 0.15) is 6.92 Å². The first-order valence-corrected chi connectivity index (χ1v) is 5.52. The number of hydrogen-bond donors (Lipinski definition) is 0. The Morgan fingerprint density at radius 3 is 2.20 bits per heavy atom. The molecule has 0 saturated carbocycles. The van der Waals surface area contributed by atoms with Gasteiger partial charge in [0, 0.05) is 0 Å². The molecule has 0 aromatic carbocycles. The Balaban J connectivity index is 2.19. The van der Waals surface area contributed by atoms with Crippen LogP contribution < -0.4 is 0 Å². The maximum absolute atomic E-state index is 2.25. The zero-order valence-corrected chi connectivity index (χ0v) is 5.71. The van der Waals surface area contributed by atoms with Crippen molar-refractivity contribution in [3.63, 3.8) is 0 Å². The summed E-state index contributed by atoms with van der Waals surface area (Å²) in [6.45, 7) is 4.48. The first-order chi connectivity index (χ1) is 2.41. The third kappa shape index (κ3) is 4.86. The summed E-state index contributed by atoms with van der Waals surface area (Å²) in [6.07, 6.45) is 1.38. The third-order valence-electron chi connectivity index (χ3n) is 0.354. The smallest absolute Gasteiger partial charge is 0.0345 e. The summed E-state index contributed by atoms with van der Waals surface area (Å²) in [6, 6.07) is 0. The molecule has 32 valence electrons. The van der Waals surface area contributed by atoms with Crippen molar-refractivity contribution in [1.29, 1.82) is 0 Å². The molecule has 0 radical (unpaired) electrons. The van der Waals surface area contributed by atoms with Crippen LogP contribution in [0.2, 0.25) is 0 Å². The minimum atomic E-state index is 1.19. The standard InChI is InChI=1S/C3H10P2/c1-3-5-4-2/h4-5H,3H2,1-2H3. The van der Waals surface area contributed by atoms with Crippen molar-refractivity contribution >= 4 is 16.5 Å². The summed E-state index contributed by atoms with van der Waals surface area (Å²) in [5.74, 6) is 0. The van der Waals surface area contributed by atoms with Crippen LogP contribution in [0.15, 0.2) is 0 Å². The van der Waals surface area contributed by atoms with Gasteiger partial charge in [-0.1, -0.05) is 15.2 Å². The van der Waals surface area contributed by atoms with Crippen molar-refractivity contribution < 1.29 is 0 Å². The minimum Gasteiger partial charge on any atom is -0.102 e. The molecule has 5 heavy (non-hydrogen) atoms. The molecule has 0 saturated heterocycles. The van der Waals surface area contributed by atoms with Crippen molar-refractivity contribution in [2.24, 2.45) is 0 Å². The Morgan fingerprint density at radius 1 is 1.60 bits per heavy atom. The summed E-state index contributed by atoms with van der Waals surface area (Å²) in [5.41, 5.74) is 0. The van der Waals surface area contributed by atoms with E-state index in [1.165, 1.54) is 22.7 Å². The van der Waals surface area contributed by atoms with Gasteiger partial charge in [-0.2, -0.15) is 0 Å². The molecule has 0 heterocycles. The normalized spacial score (nSPS) is 13.2. The lowest BCUT2D eigenvalue weighted by Crippen LogP contribution is -1.44. The van der Waals surface area contributed by atoms with Gasteiger partial charge in [0.25, 0.3) is 0 Å². The largest absolute Gasteiger partial charge is 0.102 e. The van der Waals surface area contributed by atoms with Gasteiger partial charge in [0.1, 0.15) is 0 Å². The number of hydrogen-bond acceptors (Lipinski definition) is 0. The summed E-state index contributed by atoms with van der Waals surface area (Å²) >= 11 is 0. The molecule has 2 unspecified atom stereocenters.